The number of hydrogen-bond acceptors (Lipinski definition) is 3. The minimum atomic E-state index is -0.307. The molecular weight excluding hydrogens is 1000 g/mol. The van der Waals surface area contributed by atoms with E-state index in [0.717, 1.165) is 6.42 Å². The molecule has 0 spiro atoms. The molecule has 0 saturated heterocycles. The molecule has 1 unspecified atom stereocenters. The molecule has 3 aliphatic carbocycles. The molecule has 3 heteroatoms. The number of nitrogens with zero attached hydrogens (tertiary/aromatic N) is 3. The van der Waals surface area contributed by atoms with Gasteiger partial charge in [-0.2, -0.15) is 0 Å². The molecule has 83 heavy (non-hydrogen) atoms. The van der Waals surface area contributed by atoms with Gasteiger partial charge in [0.05, 0.1) is 39.8 Å². The molecule has 422 valence electrons. The Morgan fingerprint density at radius 2 is 0.976 bits per heavy atom. The van der Waals surface area contributed by atoms with Gasteiger partial charge in [0.15, 0.2) is 0 Å². The van der Waals surface area contributed by atoms with Crippen LogP contribution in [0.5, 0.6) is 0 Å². The van der Waals surface area contributed by atoms with Crippen LogP contribution in [0.25, 0.3) is 16.8 Å². The van der Waals surface area contributed by atoms with Gasteiger partial charge in [0.25, 0.3) is 0 Å². The van der Waals surface area contributed by atoms with E-state index in [0.29, 0.717) is 0 Å². The molecule has 3 aliphatic heterocycles. The summed E-state index contributed by atoms with van der Waals surface area (Å²) in [5, 5.41) is 0. The van der Waals surface area contributed by atoms with Crippen LogP contribution >= 0.6 is 0 Å². The third-order valence-corrected chi connectivity index (χ3v) is 21.3. The Kier molecular flexibility index (Phi) is 11.5. The summed E-state index contributed by atoms with van der Waals surface area (Å²) in [7, 11) is 0. The lowest BCUT2D eigenvalue weighted by atomic mass is 9.62. The largest absolute Gasteiger partial charge is 0.310 e. The summed E-state index contributed by atoms with van der Waals surface area (Å²) in [6.07, 6.45) is 5.62. The molecule has 1 atom stereocenters. The summed E-state index contributed by atoms with van der Waals surface area (Å²) in [5.74, 6) is -0.0108. The maximum absolute atomic E-state index is 2.78. The smallest absolute Gasteiger partial charge is 0.0542 e. The van der Waals surface area contributed by atoms with Gasteiger partial charge in [-0.1, -0.05) is 190 Å². The number of aryl methyl sites for hydroxylation is 1. The van der Waals surface area contributed by atoms with Crippen LogP contribution in [-0.2, 0) is 44.3 Å². The van der Waals surface area contributed by atoms with Gasteiger partial charge in [-0.3, -0.25) is 0 Å². The zero-order valence-corrected chi connectivity index (χ0v) is 52.9. The van der Waals surface area contributed by atoms with Gasteiger partial charge >= 0.3 is 0 Å². The number of rotatable bonds is 4. The van der Waals surface area contributed by atoms with E-state index >= 15 is 0 Å². The van der Waals surface area contributed by atoms with Crippen molar-refractivity contribution in [1.82, 2.24) is 0 Å². The van der Waals surface area contributed by atoms with E-state index in [1.165, 1.54) is 166 Å². The van der Waals surface area contributed by atoms with E-state index in [1.54, 1.807) is 0 Å². The summed E-state index contributed by atoms with van der Waals surface area (Å²) in [4.78, 5) is 8.07. The van der Waals surface area contributed by atoms with Crippen molar-refractivity contribution in [2.75, 3.05) is 14.7 Å². The van der Waals surface area contributed by atoms with Crippen molar-refractivity contribution < 1.29 is 0 Å². The van der Waals surface area contributed by atoms with Crippen molar-refractivity contribution >= 4 is 51.2 Å². The van der Waals surface area contributed by atoms with Crippen molar-refractivity contribution in [2.45, 2.75) is 194 Å². The predicted molar refractivity (Wildman–Crippen MR) is 354 cm³/mol. The average Bonchev–Trinajstić information content (AvgIpc) is 1.84. The van der Waals surface area contributed by atoms with Gasteiger partial charge in [0.1, 0.15) is 0 Å². The first-order chi connectivity index (χ1) is 39.0. The lowest BCUT2D eigenvalue weighted by molar-refractivity contribution is 0.331. The Morgan fingerprint density at radius 3 is 1.63 bits per heavy atom. The van der Waals surface area contributed by atoms with Crippen LogP contribution in [0.2, 0.25) is 0 Å². The normalized spacial score (nSPS) is 19.9. The minimum absolute atomic E-state index is 0.0108. The first-order valence-electron chi connectivity index (χ1n) is 31.2. The molecule has 0 fully saturated rings. The fourth-order valence-corrected chi connectivity index (χ4v) is 16.0. The topological polar surface area (TPSA) is 9.72 Å². The number of para-hydroxylation sites is 2. The zero-order valence-electron chi connectivity index (χ0n) is 52.9. The van der Waals surface area contributed by atoms with E-state index in [-0.39, 0.29) is 43.8 Å². The Hall–Kier alpha value is -7.10. The summed E-state index contributed by atoms with van der Waals surface area (Å²) >= 11 is 0. The molecule has 6 aliphatic rings. The summed E-state index contributed by atoms with van der Waals surface area (Å²) in [6.45, 7) is 41.3. The van der Waals surface area contributed by atoms with Gasteiger partial charge in [-0.15, -0.1) is 0 Å². The van der Waals surface area contributed by atoms with Crippen LogP contribution in [-0.4, -0.2) is 0 Å². The Labute approximate surface area is 497 Å². The monoisotopic (exact) mass is 1090 g/mol. The highest BCUT2D eigenvalue weighted by Gasteiger charge is 2.50. The van der Waals surface area contributed by atoms with Crippen LogP contribution < -0.4 is 14.7 Å². The lowest BCUT2D eigenvalue weighted by Gasteiger charge is -2.48. The highest BCUT2D eigenvalue weighted by Crippen LogP contribution is 2.66. The summed E-state index contributed by atoms with van der Waals surface area (Å²) in [6, 6.07) is 60.7. The van der Waals surface area contributed by atoms with Gasteiger partial charge in [0.2, 0.25) is 0 Å². The van der Waals surface area contributed by atoms with Crippen LogP contribution in [0.3, 0.4) is 0 Å². The number of benzene rings is 8. The van der Waals surface area contributed by atoms with Gasteiger partial charge in [0, 0.05) is 39.4 Å². The van der Waals surface area contributed by atoms with Crippen molar-refractivity contribution in [3.05, 3.63) is 230 Å². The maximum Gasteiger partial charge on any atom is 0.0542 e. The van der Waals surface area contributed by atoms with Crippen molar-refractivity contribution in [1.29, 1.82) is 0 Å². The predicted octanol–water partition coefficient (Wildman–Crippen LogP) is 22.1. The van der Waals surface area contributed by atoms with Crippen LogP contribution in [0, 0.1) is 6.92 Å². The molecule has 0 aromatic heterocycles. The molecule has 0 amide bonds. The number of anilines is 8. The highest BCUT2D eigenvalue weighted by atomic mass is 15.2. The third-order valence-electron chi connectivity index (χ3n) is 21.3. The molecule has 0 radical (unpaired) electrons. The van der Waals surface area contributed by atoms with E-state index in [9.17, 15) is 0 Å². The van der Waals surface area contributed by atoms with Gasteiger partial charge in [-0.25, -0.2) is 0 Å². The van der Waals surface area contributed by atoms with Crippen LogP contribution in [0.1, 0.15) is 215 Å². The van der Waals surface area contributed by atoms with E-state index in [4.69, 9.17) is 0 Å². The molecule has 3 nitrogen and oxygen atoms in total. The maximum atomic E-state index is 2.78. The zero-order chi connectivity index (χ0) is 58.5. The summed E-state index contributed by atoms with van der Waals surface area (Å²) in [5.41, 5.74) is 33.6. The third kappa shape index (κ3) is 8.08. The number of allylic oxidation sites excluding steroid dienone is 1. The van der Waals surface area contributed by atoms with E-state index in [2.05, 4.69) is 284 Å². The van der Waals surface area contributed by atoms with Crippen molar-refractivity contribution in [3.8, 4) is 11.1 Å². The van der Waals surface area contributed by atoms with Crippen LogP contribution in [0.4, 0.5) is 45.5 Å². The quantitative estimate of drug-likeness (QED) is 0.174. The van der Waals surface area contributed by atoms with E-state index in [1.807, 2.05) is 0 Å². The first kappa shape index (κ1) is 53.9. The number of fused-ring (bicyclic) bond motifs is 9. The molecular formula is C80H87N3. The molecule has 0 N–H and O–H groups in total. The minimum Gasteiger partial charge on any atom is -0.310 e. The highest BCUT2D eigenvalue weighted by molar-refractivity contribution is 6.05. The standard InChI is InChI=1S/C80H87N3/c1-48-39-69-72-70(40-48)83(65-34-31-52(75(5,6)7)43-55(65)49-27-29-51(30-28-49)74(2,3)4)67-47-68-64(80(16,17)60-25-21-22-26-66(60)81(68)53-23-19-18-20-24-53)46-57(67)71(72)58-41-50-42-61-63(79(14,15)38-37-77(61,10)11)45-56(50)73(58)82(69)54-32-33-59-62(44-54)78(12,13)36-35-76(59,8)9/h18-34,39-40,42-47,71H,35-38,41H2,1-17H3. The average molecular weight is 1090 g/mol. The Morgan fingerprint density at radius 1 is 0.398 bits per heavy atom. The SMILES string of the molecule is Cc1cc2c3c(c1)N(c1ccc(C(C)(C)C)cc1-c1ccc(C(C)(C)C)cc1)c1cc4c(cc1C3C1=C(c3cc5c(cc3C1)C(C)(C)CCC5(C)C)N2c1ccc2c(c1)C(C)(C)CCC2(C)C)C(C)(C)c1ccccc1N4c1ccccc1. The van der Waals surface area contributed by atoms with Gasteiger partial charge < -0.3 is 14.7 Å². The first-order valence-corrected chi connectivity index (χ1v) is 31.2. The Balaban J connectivity index is 1.12. The molecule has 0 bridgehead atoms. The second kappa shape index (κ2) is 17.7. The second-order valence-corrected chi connectivity index (χ2v) is 31.2. The molecule has 8 aromatic carbocycles. The molecule has 0 saturated carbocycles. The Bertz CT molecular complexity index is 4070. The van der Waals surface area contributed by atoms with Crippen LogP contribution in [0.15, 0.2) is 157 Å². The molecule has 3 heterocycles. The van der Waals surface area contributed by atoms with Gasteiger partial charge in [-0.05, 0) is 217 Å². The summed E-state index contributed by atoms with van der Waals surface area (Å²) < 4.78 is 0. The second-order valence-electron chi connectivity index (χ2n) is 31.2. The fraction of sp³-hybridized carbons (Fsp3) is 0.375. The van der Waals surface area contributed by atoms with Crippen molar-refractivity contribution in [3.63, 3.8) is 0 Å². The fourth-order valence-electron chi connectivity index (χ4n) is 16.0. The van der Waals surface area contributed by atoms with Crippen molar-refractivity contribution in [2.24, 2.45) is 0 Å². The lowest BCUT2D eigenvalue weighted by Crippen LogP contribution is -2.35. The number of hydrogen-bond donors (Lipinski definition) is 0. The van der Waals surface area contributed by atoms with E-state index < -0.39 is 0 Å². The molecule has 14 rings (SSSR count). The molecule has 8 aromatic rings.